The average Bonchev–Trinajstić information content (AvgIpc) is 3.06. The highest BCUT2D eigenvalue weighted by Crippen LogP contribution is 2.29. The summed E-state index contributed by atoms with van der Waals surface area (Å²) in [6.45, 7) is 3.70. The quantitative estimate of drug-likeness (QED) is 0.799. The molecule has 156 valence electrons. The molecule has 2 N–H and O–H groups in total. The maximum absolute atomic E-state index is 12.5. The van der Waals surface area contributed by atoms with Crippen molar-refractivity contribution >= 4 is 23.2 Å². The summed E-state index contributed by atoms with van der Waals surface area (Å²) < 4.78 is 5.13. The Hall–Kier alpha value is -3.19. The van der Waals surface area contributed by atoms with Crippen molar-refractivity contribution in [2.24, 2.45) is 4.99 Å². The van der Waals surface area contributed by atoms with Gasteiger partial charge in [-0.3, -0.25) is 19.5 Å². The summed E-state index contributed by atoms with van der Waals surface area (Å²) in [6, 6.07) is 15.1. The van der Waals surface area contributed by atoms with Gasteiger partial charge in [-0.2, -0.15) is 0 Å². The molecule has 2 aromatic rings. The van der Waals surface area contributed by atoms with Crippen molar-refractivity contribution in [2.75, 3.05) is 32.1 Å². The number of piperidine rings is 1. The third kappa shape index (κ3) is 4.36. The number of benzene rings is 2. The Bertz CT molecular complexity index is 976. The van der Waals surface area contributed by atoms with E-state index in [9.17, 15) is 9.59 Å². The van der Waals surface area contributed by atoms with E-state index in [1.54, 1.807) is 7.11 Å². The van der Waals surface area contributed by atoms with Crippen LogP contribution in [0, 0.1) is 6.92 Å². The van der Waals surface area contributed by atoms with Crippen LogP contribution in [-0.2, 0) is 9.59 Å². The Morgan fingerprint density at radius 1 is 1.20 bits per heavy atom. The van der Waals surface area contributed by atoms with Crippen LogP contribution in [-0.4, -0.2) is 54.8 Å². The molecule has 0 bridgehead atoms. The zero-order chi connectivity index (χ0) is 21.1. The van der Waals surface area contributed by atoms with E-state index in [0.29, 0.717) is 38.2 Å². The van der Waals surface area contributed by atoms with Crippen LogP contribution in [0.25, 0.3) is 0 Å². The van der Waals surface area contributed by atoms with Crippen molar-refractivity contribution in [3.05, 3.63) is 59.7 Å². The third-order valence-electron chi connectivity index (χ3n) is 5.60. The molecule has 2 amide bonds. The average molecular weight is 406 g/mol. The molecule has 30 heavy (non-hydrogen) atoms. The summed E-state index contributed by atoms with van der Waals surface area (Å²) in [4.78, 5) is 31.8. The van der Waals surface area contributed by atoms with E-state index in [1.807, 2.05) is 55.5 Å². The van der Waals surface area contributed by atoms with Gasteiger partial charge in [0.05, 0.1) is 13.7 Å². The summed E-state index contributed by atoms with van der Waals surface area (Å²) in [5.74, 6) is 0.570. The van der Waals surface area contributed by atoms with Crippen LogP contribution in [0.5, 0.6) is 5.75 Å². The van der Waals surface area contributed by atoms with Gasteiger partial charge >= 0.3 is 0 Å². The van der Waals surface area contributed by atoms with E-state index in [-0.39, 0.29) is 11.8 Å². The molecule has 0 atom stereocenters. The van der Waals surface area contributed by atoms with Crippen molar-refractivity contribution in [1.82, 2.24) is 10.2 Å². The van der Waals surface area contributed by atoms with E-state index in [2.05, 4.69) is 15.5 Å². The van der Waals surface area contributed by atoms with Gasteiger partial charge in [-0.15, -0.1) is 0 Å². The van der Waals surface area contributed by atoms with E-state index >= 15 is 0 Å². The van der Waals surface area contributed by atoms with Gasteiger partial charge < -0.3 is 15.4 Å². The number of aliphatic imine (C=N–C) groups is 1. The fourth-order valence-corrected chi connectivity index (χ4v) is 3.95. The highest BCUT2D eigenvalue weighted by Gasteiger charge is 2.42. The first-order valence-corrected chi connectivity index (χ1v) is 10.1. The van der Waals surface area contributed by atoms with E-state index in [1.165, 1.54) is 0 Å². The summed E-state index contributed by atoms with van der Waals surface area (Å²) in [7, 11) is 1.61. The lowest BCUT2D eigenvalue weighted by Crippen LogP contribution is -2.52. The highest BCUT2D eigenvalue weighted by molar-refractivity contribution is 6.46. The number of anilines is 1. The van der Waals surface area contributed by atoms with Crippen molar-refractivity contribution in [3.8, 4) is 5.75 Å². The molecule has 2 aromatic carbocycles. The standard InChI is InChI=1S/C23H26N4O3/c1-16-4-3-5-17(14-16)21-22(29)26-23(25-21)10-12-27(13-11-23)15-20(28)24-18-6-8-19(30-2)9-7-18/h3-9,14H,10-13,15H2,1-2H3,(H,24,28)(H,26,29). The molecule has 0 aromatic heterocycles. The molecule has 0 radical (unpaired) electrons. The number of likely N-dealkylation sites (tertiary alicyclic amines) is 1. The molecule has 7 nitrogen and oxygen atoms in total. The first-order chi connectivity index (χ1) is 14.5. The fraction of sp³-hybridized carbons (Fsp3) is 0.348. The zero-order valence-electron chi connectivity index (χ0n) is 17.3. The van der Waals surface area contributed by atoms with Crippen molar-refractivity contribution in [3.63, 3.8) is 0 Å². The third-order valence-corrected chi connectivity index (χ3v) is 5.60. The van der Waals surface area contributed by atoms with Gasteiger partial charge in [0.15, 0.2) is 0 Å². The minimum atomic E-state index is -0.556. The molecule has 1 saturated heterocycles. The van der Waals surface area contributed by atoms with Gasteiger partial charge in [0.25, 0.3) is 5.91 Å². The molecule has 7 heteroatoms. The van der Waals surface area contributed by atoms with Crippen LogP contribution in [0.2, 0.25) is 0 Å². The topological polar surface area (TPSA) is 83.0 Å². The lowest BCUT2D eigenvalue weighted by Gasteiger charge is -2.36. The van der Waals surface area contributed by atoms with Crippen LogP contribution in [0.15, 0.2) is 53.5 Å². The van der Waals surface area contributed by atoms with E-state index in [0.717, 1.165) is 22.6 Å². The lowest BCUT2D eigenvalue weighted by atomic mass is 9.98. The van der Waals surface area contributed by atoms with Gasteiger partial charge in [0, 0.05) is 37.2 Å². The predicted octanol–water partition coefficient (Wildman–Crippen LogP) is 2.35. The smallest absolute Gasteiger partial charge is 0.272 e. The molecule has 0 aliphatic carbocycles. The van der Waals surface area contributed by atoms with E-state index < -0.39 is 5.66 Å². The van der Waals surface area contributed by atoms with E-state index in [4.69, 9.17) is 9.73 Å². The number of rotatable bonds is 5. The van der Waals surface area contributed by atoms with Gasteiger partial charge in [0.2, 0.25) is 5.91 Å². The molecule has 0 saturated carbocycles. The van der Waals surface area contributed by atoms with Crippen LogP contribution >= 0.6 is 0 Å². The predicted molar refractivity (Wildman–Crippen MR) is 116 cm³/mol. The molecule has 1 spiro atoms. The number of aryl methyl sites for hydroxylation is 1. The second kappa shape index (κ2) is 8.28. The molecule has 2 aliphatic heterocycles. The van der Waals surface area contributed by atoms with Gasteiger partial charge in [-0.1, -0.05) is 23.8 Å². The number of amides is 2. The number of methoxy groups -OCH3 is 1. The van der Waals surface area contributed by atoms with Crippen molar-refractivity contribution < 1.29 is 14.3 Å². The summed E-state index contributed by atoms with van der Waals surface area (Å²) in [5, 5.41) is 5.99. The number of hydrogen-bond donors (Lipinski definition) is 2. The Morgan fingerprint density at radius 3 is 2.60 bits per heavy atom. The summed E-state index contributed by atoms with van der Waals surface area (Å²) >= 11 is 0. The molecule has 2 aliphatic rings. The van der Waals surface area contributed by atoms with Crippen LogP contribution in [0.4, 0.5) is 5.69 Å². The number of carbonyl (C=O) groups is 2. The maximum atomic E-state index is 12.5. The Kier molecular flexibility index (Phi) is 5.55. The summed E-state index contributed by atoms with van der Waals surface area (Å²) in [6.07, 6.45) is 1.37. The monoisotopic (exact) mass is 406 g/mol. The highest BCUT2D eigenvalue weighted by atomic mass is 16.5. The molecular formula is C23H26N4O3. The molecule has 0 unspecified atom stereocenters. The minimum absolute atomic E-state index is 0.0597. The van der Waals surface area contributed by atoms with Gasteiger partial charge in [0.1, 0.15) is 17.1 Å². The van der Waals surface area contributed by atoms with Crippen LogP contribution in [0.3, 0.4) is 0 Å². The number of hydrogen-bond acceptors (Lipinski definition) is 5. The lowest BCUT2D eigenvalue weighted by molar-refractivity contribution is -0.119. The molecule has 1 fully saturated rings. The first kappa shape index (κ1) is 20.1. The normalized spacial score (nSPS) is 18.1. The number of carbonyl (C=O) groups excluding carboxylic acids is 2. The second-order valence-electron chi connectivity index (χ2n) is 7.87. The largest absolute Gasteiger partial charge is 0.497 e. The maximum Gasteiger partial charge on any atom is 0.272 e. The summed E-state index contributed by atoms with van der Waals surface area (Å²) in [5.41, 5.74) is 2.64. The number of nitrogens with one attached hydrogen (secondary N) is 2. The van der Waals surface area contributed by atoms with Crippen LogP contribution in [0.1, 0.15) is 24.0 Å². The van der Waals surface area contributed by atoms with Crippen LogP contribution < -0.4 is 15.4 Å². The molecule has 2 heterocycles. The Labute approximate surface area is 176 Å². The molecular weight excluding hydrogens is 380 g/mol. The number of nitrogens with zero attached hydrogens (tertiary/aromatic N) is 2. The van der Waals surface area contributed by atoms with Crippen molar-refractivity contribution in [1.29, 1.82) is 0 Å². The van der Waals surface area contributed by atoms with Crippen molar-refractivity contribution in [2.45, 2.75) is 25.4 Å². The Balaban J connectivity index is 1.34. The van der Waals surface area contributed by atoms with Gasteiger partial charge in [-0.25, -0.2) is 0 Å². The Morgan fingerprint density at radius 2 is 1.93 bits per heavy atom. The SMILES string of the molecule is COc1ccc(NC(=O)CN2CCC3(CC2)N=C(c2cccc(C)c2)C(=O)N3)cc1. The number of ether oxygens (including phenoxy) is 1. The zero-order valence-corrected chi connectivity index (χ0v) is 17.3. The second-order valence-corrected chi connectivity index (χ2v) is 7.87. The molecule has 4 rings (SSSR count). The fourth-order valence-electron chi connectivity index (χ4n) is 3.95. The first-order valence-electron chi connectivity index (χ1n) is 10.1. The van der Waals surface area contributed by atoms with Gasteiger partial charge in [-0.05, 0) is 37.3 Å². The minimum Gasteiger partial charge on any atom is -0.497 e.